The normalized spacial score (nSPS) is 20.4. The molecule has 118 valence electrons. The largest absolute Gasteiger partial charge is 0.380 e. The Balaban J connectivity index is 2.17. The lowest BCUT2D eigenvalue weighted by atomic mass is 9.99. The summed E-state index contributed by atoms with van der Waals surface area (Å²) in [5, 5.41) is 1.68. The molecule has 4 nitrogen and oxygen atoms in total. The van der Waals surface area contributed by atoms with Crippen molar-refractivity contribution in [3.63, 3.8) is 0 Å². The second-order valence-electron chi connectivity index (χ2n) is 5.93. The van der Waals surface area contributed by atoms with Gasteiger partial charge in [-0.25, -0.2) is 0 Å². The van der Waals surface area contributed by atoms with Gasteiger partial charge in [0.25, 0.3) is 0 Å². The van der Waals surface area contributed by atoms with Gasteiger partial charge in [-0.15, -0.1) is 0 Å². The first-order valence-electron chi connectivity index (χ1n) is 7.72. The molecule has 0 aliphatic carbocycles. The number of benzene rings is 1. The van der Waals surface area contributed by atoms with Gasteiger partial charge < -0.3 is 15.4 Å². The van der Waals surface area contributed by atoms with Crippen LogP contribution in [-0.4, -0.2) is 31.3 Å². The summed E-state index contributed by atoms with van der Waals surface area (Å²) in [7, 11) is 1.78. The van der Waals surface area contributed by atoms with E-state index in [2.05, 4.69) is 9.88 Å². The molecule has 1 fully saturated rings. The minimum atomic E-state index is -0.0955. The highest BCUT2D eigenvalue weighted by atomic mass is 35.5. The van der Waals surface area contributed by atoms with Crippen LogP contribution < -0.4 is 10.6 Å². The van der Waals surface area contributed by atoms with E-state index in [9.17, 15) is 0 Å². The maximum Gasteiger partial charge on any atom is 0.0953 e. The van der Waals surface area contributed by atoms with E-state index in [1.807, 2.05) is 31.3 Å². The molecule has 2 heterocycles. The number of ether oxygens (including phenoxy) is 1. The number of rotatable bonds is 3. The summed E-state index contributed by atoms with van der Waals surface area (Å²) < 4.78 is 5.56. The van der Waals surface area contributed by atoms with E-state index < -0.39 is 0 Å². The Morgan fingerprint density at radius 3 is 3.05 bits per heavy atom. The summed E-state index contributed by atoms with van der Waals surface area (Å²) in [5.41, 5.74) is 9.29. The van der Waals surface area contributed by atoms with Crippen molar-refractivity contribution in [3.8, 4) is 0 Å². The van der Waals surface area contributed by atoms with E-state index >= 15 is 0 Å². The average molecular weight is 320 g/mol. The SMILES string of the molecule is COC1CCCN(c2c(C(C)N)cc(Cl)c3cccnc23)C1. The van der Waals surface area contributed by atoms with Crippen molar-refractivity contribution in [1.82, 2.24) is 4.98 Å². The molecule has 2 aromatic rings. The molecule has 3 rings (SSSR count). The summed E-state index contributed by atoms with van der Waals surface area (Å²) in [6.45, 7) is 3.85. The Labute approximate surface area is 136 Å². The van der Waals surface area contributed by atoms with Gasteiger partial charge in [0, 0.05) is 37.8 Å². The van der Waals surface area contributed by atoms with E-state index in [1.54, 1.807) is 7.11 Å². The molecule has 0 bridgehead atoms. The molecule has 1 aromatic carbocycles. The number of anilines is 1. The van der Waals surface area contributed by atoms with Crippen molar-refractivity contribution < 1.29 is 4.74 Å². The standard InChI is InChI=1S/C17H22ClN3O/c1-11(19)14-9-15(18)13-6-3-7-20-16(13)17(14)21-8-4-5-12(10-21)22-2/h3,6-7,9,11-12H,4-5,8,10,19H2,1-2H3. The molecule has 5 heteroatoms. The van der Waals surface area contributed by atoms with Gasteiger partial charge in [0.15, 0.2) is 0 Å². The topological polar surface area (TPSA) is 51.4 Å². The highest BCUT2D eigenvalue weighted by Crippen LogP contribution is 2.38. The van der Waals surface area contributed by atoms with Crippen LogP contribution in [0, 0.1) is 0 Å². The number of hydrogen-bond donors (Lipinski definition) is 1. The van der Waals surface area contributed by atoms with E-state index in [4.69, 9.17) is 22.1 Å². The number of methoxy groups -OCH3 is 1. The lowest BCUT2D eigenvalue weighted by molar-refractivity contribution is 0.0893. The number of aromatic nitrogens is 1. The average Bonchev–Trinajstić information content (AvgIpc) is 2.54. The fourth-order valence-electron chi connectivity index (χ4n) is 3.22. The lowest BCUT2D eigenvalue weighted by Gasteiger charge is -2.36. The monoisotopic (exact) mass is 319 g/mol. The van der Waals surface area contributed by atoms with Crippen molar-refractivity contribution in [2.45, 2.75) is 31.9 Å². The molecule has 0 saturated carbocycles. The second-order valence-corrected chi connectivity index (χ2v) is 6.34. The highest BCUT2D eigenvalue weighted by Gasteiger charge is 2.25. The number of fused-ring (bicyclic) bond motifs is 1. The fourth-order valence-corrected chi connectivity index (χ4v) is 3.49. The maximum absolute atomic E-state index is 6.43. The van der Waals surface area contributed by atoms with Crippen molar-refractivity contribution in [2.75, 3.05) is 25.1 Å². The summed E-state index contributed by atoms with van der Waals surface area (Å²) in [6, 6.07) is 5.82. The Morgan fingerprint density at radius 2 is 2.32 bits per heavy atom. The van der Waals surface area contributed by atoms with Gasteiger partial charge in [-0.2, -0.15) is 0 Å². The Bertz CT molecular complexity index is 674. The first-order valence-corrected chi connectivity index (χ1v) is 8.10. The van der Waals surface area contributed by atoms with Gasteiger partial charge in [0.05, 0.1) is 22.3 Å². The Morgan fingerprint density at radius 1 is 1.50 bits per heavy atom. The molecule has 1 aliphatic heterocycles. The zero-order valence-corrected chi connectivity index (χ0v) is 13.8. The minimum absolute atomic E-state index is 0.0955. The predicted molar refractivity (Wildman–Crippen MR) is 91.6 cm³/mol. The second kappa shape index (κ2) is 6.41. The van der Waals surface area contributed by atoms with Crippen LogP contribution in [0.1, 0.15) is 31.4 Å². The van der Waals surface area contributed by atoms with E-state index in [0.717, 1.165) is 48.1 Å². The summed E-state index contributed by atoms with van der Waals surface area (Å²) in [5.74, 6) is 0. The van der Waals surface area contributed by atoms with Gasteiger partial charge in [0.1, 0.15) is 0 Å². The van der Waals surface area contributed by atoms with Gasteiger partial charge >= 0.3 is 0 Å². The minimum Gasteiger partial charge on any atom is -0.380 e. The van der Waals surface area contributed by atoms with Crippen LogP contribution in [0.15, 0.2) is 24.4 Å². The van der Waals surface area contributed by atoms with Gasteiger partial charge in [-0.1, -0.05) is 11.6 Å². The predicted octanol–water partition coefficient (Wildman–Crippen LogP) is 3.52. The number of halogens is 1. The van der Waals surface area contributed by atoms with Crippen molar-refractivity contribution >= 4 is 28.2 Å². The third kappa shape index (κ3) is 2.78. The zero-order valence-electron chi connectivity index (χ0n) is 13.1. The molecule has 2 atom stereocenters. The van der Waals surface area contributed by atoms with Gasteiger partial charge in [-0.05, 0) is 43.5 Å². The van der Waals surface area contributed by atoms with Crippen LogP contribution in [0.2, 0.25) is 5.02 Å². The molecule has 0 amide bonds. The molecular weight excluding hydrogens is 298 g/mol. The van der Waals surface area contributed by atoms with Crippen molar-refractivity contribution in [1.29, 1.82) is 0 Å². The molecule has 2 N–H and O–H groups in total. The van der Waals surface area contributed by atoms with Crippen LogP contribution in [0.4, 0.5) is 5.69 Å². The first-order chi connectivity index (χ1) is 10.6. The number of piperidine rings is 1. The summed E-state index contributed by atoms with van der Waals surface area (Å²) in [6.07, 6.45) is 4.27. The molecule has 1 aliphatic rings. The third-order valence-corrected chi connectivity index (χ3v) is 4.68. The van der Waals surface area contributed by atoms with Gasteiger partial charge in [0.2, 0.25) is 0 Å². The number of hydrogen-bond acceptors (Lipinski definition) is 4. The molecule has 0 radical (unpaired) electrons. The maximum atomic E-state index is 6.43. The molecule has 0 spiro atoms. The molecule has 2 unspecified atom stereocenters. The number of nitrogens with two attached hydrogens (primary N) is 1. The summed E-state index contributed by atoms with van der Waals surface area (Å²) >= 11 is 6.43. The molecular formula is C17H22ClN3O. The van der Waals surface area contributed by atoms with Gasteiger partial charge in [-0.3, -0.25) is 4.98 Å². The fraction of sp³-hybridized carbons (Fsp3) is 0.471. The van der Waals surface area contributed by atoms with Crippen LogP contribution in [0.25, 0.3) is 10.9 Å². The molecule has 1 saturated heterocycles. The number of pyridine rings is 1. The molecule has 22 heavy (non-hydrogen) atoms. The number of nitrogens with zero attached hydrogens (tertiary/aromatic N) is 2. The van der Waals surface area contributed by atoms with Crippen LogP contribution in [0.5, 0.6) is 0 Å². The van der Waals surface area contributed by atoms with E-state index in [0.29, 0.717) is 5.02 Å². The van der Waals surface area contributed by atoms with Crippen LogP contribution in [0.3, 0.4) is 0 Å². The van der Waals surface area contributed by atoms with Crippen LogP contribution in [-0.2, 0) is 4.74 Å². The van der Waals surface area contributed by atoms with Crippen molar-refractivity contribution in [3.05, 3.63) is 35.0 Å². The quantitative estimate of drug-likeness (QED) is 0.940. The first kappa shape index (κ1) is 15.5. The summed E-state index contributed by atoms with van der Waals surface area (Å²) in [4.78, 5) is 6.94. The lowest BCUT2D eigenvalue weighted by Crippen LogP contribution is -2.40. The highest BCUT2D eigenvalue weighted by molar-refractivity contribution is 6.36. The van der Waals surface area contributed by atoms with E-state index in [1.165, 1.54) is 0 Å². The van der Waals surface area contributed by atoms with Crippen LogP contribution >= 0.6 is 11.6 Å². The zero-order chi connectivity index (χ0) is 15.7. The smallest absolute Gasteiger partial charge is 0.0953 e. The van der Waals surface area contributed by atoms with Crippen molar-refractivity contribution in [2.24, 2.45) is 5.73 Å². The van der Waals surface area contributed by atoms with E-state index in [-0.39, 0.29) is 12.1 Å². The third-order valence-electron chi connectivity index (χ3n) is 4.36. The molecule has 1 aromatic heterocycles. The Kier molecular flexibility index (Phi) is 4.52. The Hall–Kier alpha value is -1.36.